The second-order valence-corrected chi connectivity index (χ2v) is 7.72. The summed E-state index contributed by atoms with van der Waals surface area (Å²) in [5.74, 6) is 0.878. The summed E-state index contributed by atoms with van der Waals surface area (Å²) in [6.07, 6.45) is 2.27. The Morgan fingerprint density at radius 1 is 1.32 bits per heavy atom. The van der Waals surface area contributed by atoms with Crippen LogP contribution in [-0.2, 0) is 6.42 Å². The molecule has 10 nitrogen and oxygen atoms in total. The van der Waals surface area contributed by atoms with Gasteiger partial charge < -0.3 is 22.1 Å². The van der Waals surface area contributed by atoms with Gasteiger partial charge in [0.05, 0.1) is 22.0 Å². The van der Waals surface area contributed by atoms with E-state index in [-0.39, 0.29) is 34.7 Å². The average Bonchev–Trinajstić information content (AvgIpc) is 2.74. The summed E-state index contributed by atoms with van der Waals surface area (Å²) < 4.78 is 1.75. The van der Waals surface area contributed by atoms with Crippen LogP contribution in [0.5, 0.6) is 0 Å². The van der Waals surface area contributed by atoms with Gasteiger partial charge in [0.2, 0.25) is 5.95 Å². The quantitative estimate of drug-likeness (QED) is 0.461. The van der Waals surface area contributed by atoms with Crippen LogP contribution in [0.25, 0.3) is 10.9 Å². The molecule has 0 amide bonds. The van der Waals surface area contributed by atoms with Gasteiger partial charge in [-0.2, -0.15) is 15.2 Å². The van der Waals surface area contributed by atoms with Crippen molar-refractivity contribution in [2.45, 2.75) is 25.3 Å². The first-order valence-corrected chi connectivity index (χ1v) is 10.3. The Labute approximate surface area is 183 Å². The molecule has 4 rings (SSSR count). The SMILES string of the molecule is N#Cc1c(N)nc(N)nc1NCCc1nc2cccc(Cl)c2c(=O)n1[C@@H]1CCCNC1. The predicted molar refractivity (Wildman–Crippen MR) is 120 cm³/mol. The Hall–Kier alpha value is -3.42. The predicted octanol–water partition coefficient (Wildman–Crippen LogP) is 1.46. The van der Waals surface area contributed by atoms with Gasteiger partial charge in [-0.25, -0.2) is 4.98 Å². The van der Waals surface area contributed by atoms with Crippen LogP contribution in [0.4, 0.5) is 17.6 Å². The minimum absolute atomic E-state index is 0.00979. The zero-order chi connectivity index (χ0) is 22.0. The third-order valence-corrected chi connectivity index (χ3v) is 5.61. The second-order valence-electron chi connectivity index (χ2n) is 7.32. The summed E-state index contributed by atoms with van der Waals surface area (Å²) in [5, 5.41) is 16.6. The Balaban J connectivity index is 1.69. The molecule has 1 aromatic carbocycles. The molecule has 0 saturated carbocycles. The standard InChI is InChI=1S/C20H22ClN9O/c21-13-4-1-5-14-16(13)19(31)30(11-3-2-7-25-10-11)15(27-14)6-8-26-18-12(9-22)17(23)28-20(24)29-18/h1,4-5,11,25H,2-3,6-8,10H2,(H5,23,24,26,28,29)/t11-/m1/s1. The first kappa shape index (κ1) is 20.8. The molecule has 3 aromatic rings. The van der Waals surface area contributed by atoms with Crippen LogP contribution < -0.4 is 27.7 Å². The molecular formula is C20H22ClN9O. The number of nitrogens with zero attached hydrogens (tertiary/aromatic N) is 5. The van der Waals surface area contributed by atoms with Gasteiger partial charge in [-0.1, -0.05) is 17.7 Å². The molecule has 1 aliphatic rings. The number of nitrogen functional groups attached to an aromatic ring is 2. The Kier molecular flexibility index (Phi) is 5.88. The largest absolute Gasteiger partial charge is 0.382 e. The highest BCUT2D eigenvalue weighted by atomic mass is 35.5. The van der Waals surface area contributed by atoms with Crippen LogP contribution in [-0.4, -0.2) is 39.2 Å². The number of hydrogen-bond donors (Lipinski definition) is 4. The van der Waals surface area contributed by atoms with Crippen molar-refractivity contribution < 1.29 is 0 Å². The molecular weight excluding hydrogens is 418 g/mol. The van der Waals surface area contributed by atoms with Crippen molar-refractivity contribution >= 4 is 40.1 Å². The second kappa shape index (κ2) is 8.75. The van der Waals surface area contributed by atoms with Crippen molar-refractivity contribution in [1.29, 1.82) is 5.26 Å². The van der Waals surface area contributed by atoms with Crippen LogP contribution in [0, 0.1) is 11.3 Å². The van der Waals surface area contributed by atoms with Crippen molar-refractivity contribution in [2.75, 3.05) is 36.4 Å². The third kappa shape index (κ3) is 4.10. The van der Waals surface area contributed by atoms with E-state index in [2.05, 4.69) is 20.6 Å². The average molecular weight is 440 g/mol. The van der Waals surface area contributed by atoms with E-state index in [4.69, 9.17) is 28.1 Å². The normalized spacial score (nSPS) is 16.2. The number of nitrogens with two attached hydrogens (primary N) is 2. The number of aromatic nitrogens is 4. The number of piperidine rings is 1. The van der Waals surface area contributed by atoms with Crippen molar-refractivity contribution in [3.05, 3.63) is 45.0 Å². The minimum Gasteiger partial charge on any atom is -0.382 e. The van der Waals surface area contributed by atoms with Gasteiger partial charge in [-0.3, -0.25) is 9.36 Å². The fourth-order valence-corrected chi connectivity index (χ4v) is 4.13. The van der Waals surface area contributed by atoms with E-state index >= 15 is 0 Å². The van der Waals surface area contributed by atoms with Gasteiger partial charge >= 0.3 is 0 Å². The van der Waals surface area contributed by atoms with Gasteiger partial charge in [0, 0.05) is 19.5 Å². The zero-order valence-electron chi connectivity index (χ0n) is 16.7. The van der Waals surface area contributed by atoms with Crippen molar-refractivity contribution in [3.8, 4) is 6.07 Å². The molecule has 6 N–H and O–H groups in total. The van der Waals surface area contributed by atoms with E-state index in [1.807, 2.05) is 6.07 Å². The number of nitriles is 1. The molecule has 2 aromatic heterocycles. The number of rotatable bonds is 5. The van der Waals surface area contributed by atoms with Crippen LogP contribution in [0.15, 0.2) is 23.0 Å². The van der Waals surface area contributed by atoms with E-state index < -0.39 is 0 Å². The number of hydrogen-bond acceptors (Lipinski definition) is 9. The molecule has 11 heteroatoms. The van der Waals surface area contributed by atoms with Crippen molar-refractivity contribution in [2.24, 2.45) is 0 Å². The van der Waals surface area contributed by atoms with Crippen LogP contribution in [0.1, 0.15) is 30.3 Å². The monoisotopic (exact) mass is 439 g/mol. The molecule has 3 heterocycles. The Bertz CT molecular complexity index is 1230. The lowest BCUT2D eigenvalue weighted by Crippen LogP contribution is -2.39. The molecule has 0 unspecified atom stereocenters. The maximum atomic E-state index is 13.4. The van der Waals surface area contributed by atoms with E-state index in [0.29, 0.717) is 41.3 Å². The molecule has 0 bridgehead atoms. The molecule has 0 spiro atoms. The fourth-order valence-electron chi connectivity index (χ4n) is 3.88. The highest BCUT2D eigenvalue weighted by molar-refractivity contribution is 6.35. The first-order chi connectivity index (χ1) is 15.0. The first-order valence-electron chi connectivity index (χ1n) is 9.97. The molecule has 0 aliphatic carbocycles. The van der Waals surface area contributed by atoms with Crippen LogP contribution in [0.2, 0.25) is 5.02 Å². The summed E-state index contributed by atoms with van der Waals surface area (Å²) in [6.45, 7) is 1.98. The lowest BCUT2D eigenvalue weighted by atomic mass is 10.1. The molecule has 0 radical (unpaired) electrons. The summed E-state index contributed by atoms with van der Waals surface area (Å²) in [7, 11) is 0. The molecule has 31 heavy (non-hydrogen) atoms. The zero-order valence-corrected chi connectivity index (χ0v) is 17.5. The molecule has 1 aliphatic heterocycles. The van der Waals surface area contributed by atoms with Gasteiger partial charge in [0.1, 0.15) is 23.3 Å². The Morgan fingerprint density at radius 3 is 2.90 bits per heavy atom. The number of nitrogens with one attached hydrogen (secondary N) is 2. The molecule has 1 fully saturated rings. The van der Waals surface area contributed by atoms with Crippen molar-refractivity contribution in [3.63, 3.8) is 0 Å². The smallest absolute Gasteiger partial charge is 0.263 e. The maximum Gasteiger partial charge on any atom is 0.263 e. The van der Waals surface area contributed by atoms with Gasteiger partial charge in [0.25, 0.3) is 5.56 Å². The summed E-state index contributed by atoms with van der Waals surface area (Å²) in [4.78, 5) is 26.0. The van der Waals surface area contributed by atoms with Gasteiger partial charge in [0.15, 0.2) is 5.82 Å². The van der Waals surface area contributed by atoms with Gasteiger partial charge in [-0.05, 0) is 31.5 Å². The molecule has 1 atom stereocenters. The highest BCUT2D eigenvalue weighted by Crippen LogP contribution is 2.23. The summed E-state index contributed by atoms with van der Waals surface area (Å²) in [5.41, 5.74) is 12.0. The number of anilines is 3. The Morgan fingerprint density at radius 2 is 2.16 bits per heavy atom. The third-order valence-electron chi connectivity index (χ3n) is 5.30. The van der Waals surface area contributed by atoms with E-state index in [1.165, 1.54) is 0 Å². The van der Waals surface area contributed by atoms with E-state index in [9.17, 15) is 10.1 Å². The van der Waals surface area contributed by atoms with E-state index in [1.54, 1.807) is 22.8 Å². The number of halogens is 1. The lowest BCUT2D eigenvalue weighted by Gasteiger charge is -2.27. The topological polar surface area (TPSA) is 161 Å². The van der Waals surface area contributed by atoms with Gasteiger partial charge in [-0.15, -0.1) is 0 Å². The number of fused-ring (bicyclic) bond motifs is 1. The minimum atomic E-state index is -0.146. The summed E-state index contributed by atoms with van der Waals surface area (Å²) >= 11 is 6.32. The fraction of sp³-hybridized carbons (Fsp3) is 0.350. The molecule has 1 saturated heterocycles. The van der Waals surface area contributed by atoms with Crippen LogP contribution >= 0.6 is 11.6 Å². The number of benzene rings is 1. The molecule has 160 valence electrons. The summed E-state index contributed by atoms with van der Waals surface area (Å²) in [6, 6.07) is 7.23. The van der Waals surface area contributed by atoms with E-state index in [0.717, 1.165) is 19.4 Å². The highest BCUT2D eigenvalue weighted by Gasteiger charge is 2.22. The van der Waals surface area contributed by atoms with Crippen LogP contribution in [0.3, 0.4) is 0 Å². The van der Waals surface area contributed by atoms with Crippen molar-refractivity contribution in [1.82, 2.24) is 24.8 Å². The maximum absolute atomic E-state index is 13.4. The lowest BCUT2D eigenvalue weighted by molar-refractivity contribution is 0.354.